The van der Waals surface area contributed by atoms with Crippen molar-refractivity contribution in [2.24, 2.45) is 0 Å². The van der Waals surface area contributed by atoms with Crippen LogP contribution in [0.3, 0.4) is 0 Å². The van der Waals surface area contributed by atoms with Crippen molar-refractivity contribution in [3.63, 3.8) is 0 Å². The summed E-state index contributed by atoms with van der Waals surface area (Å²) in [7, 11) is 0. The molecule has 0 radical (unpaired) electrons. The van der Waals surface area contributed by atoms with Crippen LogP contribution >= 0.6 is 0 Å². The number of carbonyl (C=O) groups is 1. The SMILES string of the molecule is Cc1c(C(=O)O)ccn1CC1Cc2ccccc2O1. The molecule has 4 heteroatoms. The van der Waals surface area contributed by atoms with E-state index in [1.165, 1.54) is 5.56 Å². The third-order valence-electron chi connectivity index (χ3n) is 3.59. The van der Waals surface area contributed by atoms with E-state index in [4.69, 9.17) is 9.84 Å². The van der Waals surface area contributed by atoms with Crippen LogP contribution in [0, 0.1) is 6.92 Å². The Morgan fingerprint density at radius 1 is 1.42 bits per heavy atom. The van der Waals surface area contributed by atoms with E-state index >= 15 is 0 Å². The van der Waals surface area contributed by atoms with Gasteiger partial charge in [-0.05, 0) is 24.6 Å². The van der Waals surface area contributed by atoms with Crippen LogP contribution in [0.4, 0.5) is 0 Å². The number of carboxylic acid groups (broad SMARTS) is 1. The molecule has 3 rings (SSSR count). The fourth-order valence-electron chi connectivity index (χ4n) is 2.55. The first-order valence-corrected chi connectivity index (χ1v) is 6.28. The van der Waals surface area contributed by atoms with Gasteiger partial charge in [-0.15, -0.1) is 0 Å². The molecule has 0 saturated carbocycles. The van der Waals surface area contributed by atoms with Crippen molar-refractivity contribution in [1.82, 2.24) is 4.57 Å². The standard InChI is InChI=1S/C15H15NO3/c1-10-13(15(17)18)6-7-16(10)9-12-8-11-4-2-3-5-14(11)19-12/h2-7,12H,8-9H2,1H3,(H,17,18). The highest BCUT2D eigenvalue weighted by molar-refractivity contribution is 5.88. The van der Waals surface area contributed by atoms with Crippen LogP contribution in [0.25, 0.3) is 0 Å². The van der Waals surface area contributed by atoms with Gasteiger partial charge in [-0.1, -0.05) is 18.2 Å². The summed E-state index contributed by atoms with van der Waals surface area (Å²) < 4.78 is 7.81. The Morgan fingerprint density at radius 3 is 2.89 bits per heavy atom. The lowest BCUT2D eigenvalue weighted by Crippen LogP contribution is -2.21. The number of rotatable bonds is 3. The lowest BCUT2D eigenvalue weighted by molar-refractivity contribution is 0.0695. The lowest BCUT2D eigenvalue weighted by Gasteiger charge is -2.13. The minimum absolute atomic E-state index is 0.0742. The molecule has 1 aliphatic heterocycles. The number of fused-ring (bicyclic) bond motifs is 1. The van der Waals surface area contributed by atoms with Gasteiger partial charge in [0.25, 0.3) is 0 Å². The van der Waals surface area contributed by atoms with E-state index in [0.717, 1.165) is 17.9 Å². The second kappa shape index (κ2) is 4.46. The van der Waals surface area contributed by atoms with Crippen molar-refractivity contribution in [3.05, 3.63) is 53.3 Å². The van der Waals surface area contributed by atoms with E-state index in [2.05, 4.69) is 6.07 Å². The number of aromatic carboxylic acids is 1. The average Bonchev–Trinajstić information content (AvgIpc) is 2.94. The van der Waals surface area contributed by atoms with E-state index < -0.39 is 5.97 Å². The highest BCUT2D eigenvalue weighted by atomic mass is 16.5. The van der Waals surface area contributed by atoms with Gasteiger partial charge < -0.3 is 14.4 Å². The van der Waals surface area contributed by atoms with Crippen molar-refractivity contribution >= 4 is 5.97 Å². The molecule has 1 aromatic carbocycles. The fourth-order valence-corrected chi connectivity index (χ4v) is 2.55. The minimum Gasteiger partial charge on any atom is -0.488 e. The summed E-state index contributed by atoms with van der Waals surface area (Å²) in [6.07, 6.45) is 2.76. The van der Waals surface area contributed by atoms with Crippen molar-refractivity contribution in [2.75, 3.05) is 0 Å². The zero-order chi connectivity index (χ0) is 13.4. The Morgan fingerprint density at radius 2 is 2.21 bits per heavy atom. The molecule has 0 fully saturated rings. The lowest BCUT2D eigenvalue weighted by atomic mass is 10.1. The van der Waals surface area contributed by atoms with Crippen molar-refractivity contribution < 1.29 is 14.6 Å². The van der Waals surface area contributed by atoms with Gasteiger partial charge in [0, 0.05) is 18.3 Å². The molecular formula is C15H15NO3. The van der Waals surface area contributed by atoms with Crippen LogP contribution in [0.1, 0.15) is 21.6 Å². The number of hydrogen-bond donors (Lipinski definition) is 1. The molecule has 98 valence electrons. The van der Waals surface area contributed by atoms with Crippen molar-refractivity contribution in [1.29, 1.82) is 0 Å². The topological polar surface area (TPSA) is 51.5 Å². The molecule has 0 spiro atoms. The van der Waals surface area contributed by atoms with Gasteiger partial charge in [-0.25, -0.2) is 4.79 Å². The van der Waals surface area contributed by atoms with Gasteiger partial charge in [0.2, 0.25) is 0 Å². The van der Waals surface area contributed by atoms with E-state index in [-0.39, 0.29) is 6.10 Å². The number of carboxylic acids is 1. The summed E-state index contributed by atoms with van der Waals surface area (Å²) in [6.45, 7) is 2.50. The van der Waals surface area contributed by atoms with Gasteiger partial charge in [-0.3, -0.25) is 0 Å². The normalized spacial score (nSPS) is 17.0. The summed E-state index contributed by atoms with van der Waals surface area (Å²) in [6, 6.07) is 9.65. The summed E-state index contributed by atoms with van der Waals surface area (Å²) in [4.78, 5) is 11.0. The highest BCUT2D eigenvalue weighted by Gasteiger charge is 2.23. The third kappa shape index (κ3) is 2.10. The molecule has 0 saturated heterocycles. The smallest absolute Gasteiger partial charge is 0.337 e. The molecule has 2 aromatic rings. The molecular weight excluding hydrogens is 242 g/mol. The summed E-state index contributed by atoms with van der Waals surface area (Å²) in [5.41, 5.74) is 2.35. The Balaban J connectivity index is 1.76. The molecule has 1 N–H and O–H groups in total. The summed E-state index contributed by atoms with van der Waals surface area (Å²) >= 11 is 0. The Bertz CT molecular complexity index is 605. The largest absolute Gasteiger partial charge is 0.488 e. The van der Waals surface area contributed by atoms with E-state index in [0.29, 0.717) is 12.1 Å². The maximum Gasteiger partial charge on any atom is 0.337 e. The first-order chi connectivity index (χ1) is 9.15. The molecule has 1 aliphatic rings. The summed E-state index contributed by atoms with van der Waals surface area (Å²) in [5.74, 6) is 0.0580. The van der Waals surface area contributed by atoms with E-state index in [9.17, 15) is 4.79 Å². The maximum atomic E-state index is 11.0. The monoisotopic (exact) mass is 257 g/mol. The van der Waals surface area contributed by atoms with Gasteiger partial charge >= 0.3 is 5.97 Å². The van der Waals surface area contributed by atoms with Crippen LogP contribution in [-0.2, 0) is 13.0 Å². The predicted octanol–water partition coefficient (Wildman–Crippen LogP) is 2.50. The summed E-state index contributed by atoms with van der Waals surface area (Å²) in [5, 5.41) is 9.04. The second-order valence-electron chi connectivity index (χ2n) is 4.82. The second-order valence-corrected chi connectivity index (χ2v) is 4.82. The zero-order valence-electron chi connectivity index (χ0n) is 10.7. The maximum absolute atomic E-state index is 11.0. The molecule has 0 aliphatic carbocycles. The van der Waals surface area contributed by atoms with Crippen molar-refractivity contribution in [2.45, 2.75) is 26.0 Å². The Kier molecular flexibility index (Phi) is 2.78. The fraction of sp³-hybridized carbons (Fsp3) is 0.267. The minimum atomic E-state index is -0.883. The van der Waals surface area contributed by atoms with Gasteiger partial charge in [-0.2, -0.15) is 0 Å². The van der Waals surface area contributed by atoms with Crippen LogP contribution in [0.15, 0.2) is 36.5 Å². The third-order valence-corrected chi connectivity index (χ3v) is 3.59. The van der Waals surface area contributed by atoms with E-state index in [1.54, 1.807) is 6.07 Å². The van der Waals surface area contributed by atoms with Gasteiger partial charge in [0.15, 0.2) is 0 Å². The molecule has 2 heterocycles. The average molecular weight is 257 g/mol. The zero-order valence-corrected chi connectivity index (χ0v) is 10.7. The van der Waals surface area contributed by atoms with E-state index in [1.807, 2.05) is 35.9 Å². The number of para-hydroxylation sites is 1. The molecule has 0 amide bonds. The Hall–Kier alpha value is -2.23. The van der Waals surface area contributed by atoms with Crippen LogP contribution in [-0.4, -0.2) is 21.7 Å². The van der Waals surface area contributed by atoms with Crippen molar-refractivity contribution in [3.8, 4) is 5.75 Å². The molecule has 19 heavy (non-hydrogen) atoms. The predicted molar refractivity (Wildman–Crippen MR) is 70.7 cm³/mol. The number of aromatic nitrogens is 1. The van der Waals surface area contributed by atoms with Gasteiger partial charge in [0.1, 0.15) is 11.9 Å². The number of ether oxygens (including phenoxy) is 1. The molecule has 0 bridgehead atoms. The first-order valence-electron chi connectivity index (χ1n) is 6.28. The number of hydrogen-bond acceptors (Lipinski definition) is 2. The highest BCUT2D eigenvalue weighted by Crippen LogP contribution is 2.29. The van der Waals surface area contributed by atoms with Gasteiger partial charge in [0.05, 0.1) is 12.1 Å². The number of nitrogens with zero attached hydrogens (tertiary/aromatic N) is 1. The molecule has 1 atom stereocenters. The number of benzene rings is 1. The quantitative estimate of drug-likeness (QED) is 0.919. The molecule has 1 aromatic heterocycles. The van der Waals surface area contributed by atoms with Crippen LogP contribution < -0.4 is 4.74 Å². The van der Waals surface area contributed by atoms with Crippen LogP contribution in [0.2, 0.25) is 0 Å². The Labute approximate surface area is 111 Å². The molecule has 4 nitrogen and oxygen atoms in total. The van der Waals surface area contributed by atoms with Crippen LogP contribution in [0.5, 0.6) is 5.75 Å². The molecule has 1 unspecified atom stereocenters. The first kappa shape index (κ1) is 11.8.